The minimum absolute atomic E-state index is 0.758. The highest BCUT2D eigenvalue weighted by molar-refractivity contribution is 7.97. The number of rotatable bonds is 2. The molecule has 0 saturated carbocycles. The van der Waals surface area contributed by atoms with Crippen molar-refractivity contribution in [2.75, 3.05) is 12.0 Å². The molecule has 0 aromatic carbocycles. The Labute approximate surface area is 81.0 Å². The maximum atomic E-state index is 5.65. The van der Waals surface area contributed by atoms with Crippen LogP contribution in [0.15, 0.2) is 24.5 Å². The molecule has 0 atom stereocenters. The minimum atomic E-state index is 0.758. The van der Waals surface area contributed by atoms with Crippen molar-refractivity contribution in [3.05, 3.63) is 30.2 Å². The average Bonchev–Trinajstić information content (AvgIpc) is 2.46. The second kappa shape index (κ2) is 3.30. The molecule has 0 spiro atoms. The van der Waals surface area contributed by atoms with E-state index in [1.807, 2.05) is 28.9 Å². The van der Waals surface area contributed by atoms with Crippen LogP contribution in [0.2, 0.25) is 0 Å². The number of anilines is 1. The average molecular weight is 193 g/mol. The van der Waals surface area contributed by atoms with Crippen molar-refractivity contribution in [3.8, 4) is 0 Å². The van der Waals surface area contributed by atoms with Crippen molar-refractivity contribution < 1.29 is 0 Å². The predicted octanol–water partition coefficient (Wildman–Crippen LogP) is 1.78. The molecule has 2 rings (SSSR count). The SMILES string of the molecule is CSCc1cn2ccc(N)cc2n1. The molecular weight excluding hydrogens is 182 g/mol. The molecule has 13 heavy (non-hydrogen) atoms. The molecule has 0 amide bonds. The highest BCUT2D eigenvalue weighted by atomic mass is 32.2. The largest absolute Gasteiger partial charge is 0.399 e. The van der Waals surface area contributed by atoms with Crippen LogP contribution < -0.4 is 5.73 Å². The van der Waals surface area contributed by atoms with Gasteiger partial charge in [0, 0.05) is 29.9 Å². The van der Waals surface area contributed by atoms with E-state index in [1.54, 1.807) is 11.8 Å². The van der Waals surface area contributed by atoms with E-state index >= 15 is 0 Å². The zero-order chi connectivity index (χ0) is 9.26. The lowest BCUT2D eigenvalue weighted by Crippen LogP contribution is -1.87. The molecule has 2 heterocycles. The predicted molar refractivity (Wildman–Crippen MR) is 56.8 cm³/mol. The summed E-state index contributed by atoms with van der Waals surface area (Å²) >= 11 is 1.77. The van der Waals surface area contributed by atoms with Crippen LogP contribution in [0.1, 0.15) is 5.69 Å². The quantitative estimate of drug-likeness (QED) is 0.790. The van der Waals surface area contributed by atoms with Crippen LogP contribution in [0, 0.1) is 0 Å². The minimum Gasteiger partial charge on any atom is -0.399 e. The van der Waals surface area contributed by atoms with Gasteiger partial charge in [-0.2, -0.15) is 11.8 Å². The smallest absolute Gasteiger partial charge is 0.139 e. The zero-order valence-electron chi connectivity index (χ0n) is 7.40. The Balaban J connectivity index is 2.49. The number of imidazole rings is 1. The normalized spacial score (nSPS) is 10.8. The number of nitrogens with two attached hydrogens (primary N) is 1. The number of nitrogens with zero attached hydrogens (tertiary/aromatic N) is 2. The maximum absolute atomic E-state index is 5.65. The second-order valence-corrected chi connectivity index (χ2v) is 3.76. The zero-order valence-corrected chi connectivity index (χ0v) is 8.21. The van der Waals surface area contributed by atoms with Gasteiger partial charge < -0.3 is 10.1 Å². The fraction of sp³-hybridized carbons (Fsp3) is 0.222. The van der Waals surface area contributed by atoms with Crippen molar-refractivity contribution in [2.45, 2.75) is 5.75 Å². The summed E-state index contributed by atoms with van der Waals surface area (Å²) in [5.74, 6) is 0.946. The van der Waals surface area contributed by atoms with E-state index in [9.17, 15) is 0 Å². The third-order valence-corrected chi connectivity index (χ3v) is 2.41. The second-order valence-electron chi connectivity index (χ2n) is 2.89. The molecule has 0 fully saturated rings. The Kier molecular flexibility index (Phi) is 2.14. The van der Waals surface area contributed by atoms with E-state index in [1.165, 1.54) is 0 Å². The topological polar surface area (TPSA) is 43.3 Å². The number of fused-ring (bicyclic) bond motifs is 1. The van der Waals surface area contributed by atoms with Crippen molar-refractivity contribution in [1.82, 2.24) is 9.38 Å². The summed E-state index contributed by atoms with van der Waals surface area (Å²) in [6, 6.07) is 3.75. The molecule has 0 bridgehead atoms. The number of hydrogen-bond acceptors (Lipinski definition) is 3. The summed E-state index contributed by atoms with van der Waals surface area (Å²) < 4.78 is 1.99. The Morgan fingerprint density at radius 2 is 2.46 bits per heavy atom. The number of thioether (sulfide) groups is 1. The highest BCUT2D eigenvalue weighted by Crippen LogP contribution is 2.12. The first kappa shape index (κ1) is 8.44. The van der Waals surface area contributed by atoms with Gasteiger partial charge in [-0.3, -0.25) is 0 Å². The molecule has 2 aromatic heterocycles. The number of pyridine rings is 1. The van der Waals surface area contributed by atoms with E-state index < -0.39 is 0 Å². The monoisotopic (exact) mass is 193 g/mol. The van der Waals surface area contributed by atoms with Gasteiger partial charge >= 0.3 is 0 Å². The fourth-order valence-electron chi connectivity index (χ4n) is 1.27. The van der Waals surface area contributed by atoms with Crippen molar-refractivity contribution >= 4 is 23.1 Å². The summed E-state index contributed by atoms with van der Waals surface area (Å²) in [6.45, 7) is 0. The first-order chi connectivity index (χ1) is 6.29. The van der Waals surface area contributed by atoms with Gasteiger partial charge in [-0.25, -0.2) is 4.98 Å². The van der Waals surface area contributed by atoms with Gasteiger partial charge in [-0.05, 0) is 12.3 Å². The van der Waals surface area contributed by atoms with Crippen LogP contribution in [-0.2, 0) is 5.75 Å². The van der Waals surface area contributed by atoms with Gasteiger partial charge in [-0.15, -0.1) is 0 Å². The molecule has 2 aromatic rings. The van der Waals surface area contributed by atoms with Gasteiger partial charge in [0.1, 0.15) is 5.65 Å². The molecule has 0 aliphatic rings. The molecule has 2 N–H and O–H groups in total. The van der Waals surface area contributed by atoms with Gasteiger partial charge in [0.05, 0.1) is 5.69 Å². The maximum Gasteiger partial charge on any atom is 0.139 e. The third-order valence-electron chi connectivity index (χ3n) is 1.83. The van der Waals surface area contributed by atoms with E-state index in [2.05, 4.69) is 11.2 Å². The van der Waals surface area contributed by atoms with Gasteiger partial charge in [-0.1, -0.05) is 0 Å². The number of aromatic nitrogens is 2. The van der Waals surface area contributed by atoms with E-state index in [0.29, 0.717) is 0 Å². The highest BCUT2D eigenvalue weighted by Gasteiger charge is 1.99. The Bertz CT molecular complexity index is 422. The first-order valence-electron chi connectivity index (χ1n) is 4.01. The lowest BCUT2D eigenvalue weighted by atomic mass is 10.4. The molecule has 68 valence electrons. The number of nitrogen functional groups attached to an aromatic ring is 1. The van der Waals surface area contributed by atoms with E-state index in [0.717, 1.165) is 22.8 Å². The van der Waals surface area contributed by atoms with Crippen molar-refractivity contribution in [3.63, 3.8) is 0 Å². The number of hydrogen-bond donors (Lipinski definition) is 1. The van der Waals surface area contributed by atoms with Gasteiger partial charge in [0.2, 0.25) is 0 Å². The Morgan fingerprint density at radius 3 is 3.23 bits per heavy atom. The summed E-state index contributed by atoms with van der Waals surface area (Å²) in [7, 11) is 0. The summed E-state index contributed by atoms with van der Waals surface area (Å²) in [5.41, 5.74) is 8.42. The molecule has 3 nitrogen and oxygen atoms in total. The van der Waals surface area contributed by atoms with E-state index in [-0.39, 0.29) is 0 Å². The summed E-state index contributed by atoms with van der Waals surface area (Å²) in [5, 5.41) is 0. The molecule has 0 unspecified atom stereocenters. The molecule has 4 heteroatoms. The summed E-state index contributed by atoms with van der Waals surface area (Å²) in [6.07, 6.45) is 6.03. The van der Waals surface area contributed by atoms with Crippen LogP contribution in [0.5, 0.6) is 0 Å². The van der Waals surface area contributed by atoms with Crippen LogP contribution in [-0.4, -0.2) is 15.6 Å². The Hall–Kier alpha value is -1.16. The lowest BCUT2D eigenvalue weighted by molar-refractivity contribution is 1.18. The first-order valence-corrected chi connectivity index (χ1v) is 5.41. The lowest BCUT2D eigenvalue weighted by Gasteiger charge is -1.92. The molecular formula is C9H11N3S. The van der Waals surface area contributed by atoms with Crippen molar-refractivity contribution in [2.24, 2.45) is 0 Å². The third kappa shape index (κ3) is 1.62. The van der Waals surface area contributed by atoms with Crippen LogP contribution >= 0.6 is 11.8 Å². The molecule has 0 saturated heterocycles. The van der Waals surface area contributed by atoms with Crippen LogP contribution in [0.4, 0.5) is 5.69 Å². The van der Waals surface area contributed by atoms with Gasteiger partial charge in [0.15, 0.2) is 0 Å². The summed E-state index contributed by atoms with van der Waals surface area (Å²) in [4.78, 5) is 4.43. The fourth-order valence-corrected chi connectivity index (χ4v) is 1.70. The van der Waals surface area contributed by atoms with Gasteiger partial charge in [0.25, 0.3) is 0 Å². The standard InChI is InChI=1S/C9H11N3S/c1-13-6-8-5-12-3-2-7(10)4-9(12)11-8/h2-5H,6,10H2,1H3. The van der Waals surface area contributed by atoms with Crippen LogP contribution in [0.3, 0.4) is 0 Å². The van der Waals surface area contributed by atoms with E-state index in [4.69, 9.17) is 5.73 Å². The van der Waals surface area contributed by atoms with Crippen LogP contribution in [0.25, 0.3) is 5.65 Å². The molecule has 0 radical (unpaired) electrons. The molecule has 0 aliphatic carbocycles. The molecule has 0 aliphatic heterocycles. The Morgan fingerprint density at radius 1 is 1.62 bits per heavy atom. The van der Waals surface area contributed by atoms with Crippen molar-refractivity contribution in [1.29, 1.82) is 0 Å².